The molecule has 0 spiro atoms. The summed E-state index contributed by atoms with van der Waals surface area (Å²) >= 11 is 6.01. The van der Waals surface area contributed by atoms with Crippen molar-refractivity contribution in [2.24, 2.45) is 5.92 Å². The molecule has 1 amide bonds. The molecule has 0 radical (unpaired) electrons. The van der Waals surface area contributed by atoms with E-state index in [4.69, 9.17) is 25.3 Å². The third kappa shape index (κ3) is 11.1. The van der Waals surface area contributed by atoms with Crippen molar-refractivity contribution in [1.82, 2.24) is 5.32 Å². The molecule has 2 unspecified atom stereocenters. The normalized spacial score (nSPS) is 13.5. The number of hydrogen-bond acceptors (Lipinski definition) is 7. The molecule has 0 saturated carbocycles. The largest absolute Gasteiger partial charge is 0.466 e. The summed E-state index contributed by atoms with van der Waals surface area (Å²) in [6, 6.07) is 10.6. The fraction of sp³-hybridized carbons (Fsp3) is 0.462. The Kier molecular flexibility index (Phi) is 10.9. The third-order valence-electron chi connectivity index (χ3n) is 5.07. The molecule has 1 N–H and O–H groups in total. The molecule has 0 saturated heterocycles. The van der Waals surface area contributed by atoms with Crippen LogP contribution in [-0.2, 0) is 35.0 Å². The number of alkyl carbamates (subject to hydrolysis) is 1. The summed E-state index contributed by atoms with van der Waals surface area (Å²) in [4.78, 5) is 25.1. The zero-order valence-electron chi connectivity index (χ0n) is 21.5. The predicted molar refractivity (Wildman–Crippen MR) is 139 cm³/mol. The third-order valence-corrected chi connectivity index (χ3v) is 5.87. The summed E-state index contributed by atoms with van der Waals surface area (Å²) in [6.45, 7) is 6.45. The molecule has 2 aromatic carbocycles. The Morgan fingerprint density at radius 1 is 1.11 bits per heavy atom. The number of carbonyl (C=O) groups excluding carboxylic acids is 2. The lowest BCUT2D eigenvalue weighted by atomic mass is 9.94. The average Bonchev–Trinajstić information content (AvgIpc) is 2.77. The van der Waals surface area contributed by atoms with Gasteiger partial charge in [0, 0.05) is 16.6 Å². The van der Waals surface area contributed by atoms with E-state index in [-0.39, 0.29) is 19.4 Å². The van der Waals surface area contributed by atoms with Crippen LogP contribution in [0.15, 0.2) is 42.5 Å². The molecule has 0 aromatic heterocycles. The van der Waals surface area contributed by atoms with Crippen molar-refractivity contribution in [2.75, 3.05) is 19.5 Å². The molecule has 0 aliphatic carbocycles. The first-order valence-corrected chi connectivity index (χ1v) is 13.9. The highest BCUT2D eigenvalue weighted by Gasteiger charge is 2.28. The number of benzene rings is 2. The maximum Gasteiger partial charge on any atom is 0.407 e. The fourth-order valence-corrected chi connectivity index (χ4v) is 4.12. The van der Waals surface area contributed by atoms with Gasteiger partial charge in [0.05, 0.1) is 25.4 Å². The lowest BCUT2D eigenvalue weighted by Crippen LogP contribution is -2.42. The summed E-state index contributed by atoms with van der Waals surface area (Å²) < 4.78 is 52.6. The van der Waals surface area contributed by atoms with Crippen LogP contribution in [0.5, 0.6) is 0 Å². The standard InChI is InChI=1S/C26H33ClFNO7S/c1-6-34-24(30)19(16-35-37(5,32)33)14-21(29-25(31)36-26(2,3)4)13-17-7-9-18(10-8-17)22-15-20(27)11-12-23(22)28/h7-12,15,19,21H,6,13-14,16H2,1-5H3,(H,29,31). The number of rotatable bonds is 11. The summed E-state index contributed by atoms with van der Waals surface area (Å²) in [5.41, 5.74) is 0.991. The molecule has 37 heavy (non-hydrogen) atoms. The Morgan fingerprint density at radius 3 is 2.32 bits per heavy atom. The first-order chi connectivity index (χ1) is 17.2. The van der Waals surface area contributed by atoms with Crippen LogP contribution >= 0.6 is 11.6 Å². The first-order valence-electron chi connectivity index (χ1n) is 11.7. The highest BCUT2D eigenvalue weighted by atomic mass is 35.5. The minimum Gasteiger partial charge on any atom is -0.466 e. The molecule has 0 aliphatic heterocycles. The molecule has 0 aliphatic rings. The first kappa shape index (κ1) is 30.5. The summed E-state index contributed by atoms with van der Waals surface area (Å²) in [5, 5.41) is 3.16. The van der Waals surface area contributed by atoms with Gasteiger partial charge < -0.3 is 14.8 Å². The van der Waals surface area contributed by atoms with Crippen LogP contribution in [-0.4, -0.2) is 51.6 Å². The average molecular weight is 558 g/mol. The minimum atomic E-state index is -3.81. The van der Waals surface area contributed by atoms with Crippen molar-refractivity contribution < 1.29 is 36.1 Å². The highest BCUT2D eigenvalue weighted by molar-refractivity contribution is 7.85. The second-order valence-corrected chi connectivity index (χ2v) is 11.6. The van der Waals surface area contributed by atoms with Gasteiger partial charge in [-0.2, -0.15) is 8.42 Å². The molecule has 0 bridgehead atoms. The molecule has 2 atom stereocenters. The number of nitrogens with one attached hydrogen (secondary N) is 1. The Morgan fingerprint density at radius 2 is 1.76 bits per heavy atom. The van der Waals surface area contributed by atoms with Crippen molar-refractivity contribution in [2.45, 2.75) is 52.2 Å². The van der Waals surface area contributed by atoms with E-state index in [2.05, 4.69) is 5.32 Å². The topological polar surface area (TPSA) is 108 Å². The molecule has 0 heterocycles. The molecule has 8 nitrogen and oxygen atoms in total. The van der Waals surface area contributed by atoms with E-state index in [0.29, 0.717) is 16.1 Å². The lowest BCUT2D eigenvalue weighted by molar-refractivity contribution is -0.149. The predicted octanol–water partition coefficient (Wildman–Crippen LogP) is 5.13. The number of esters is 1. The Hall–Kier alpha value is -2.69. The van der Waals surface area contributed by atoms with Crippen LogP contribution in [0.25, 0.3) is 11.1 Å². The SMILES string of the molecule is CCOC(=O)C(COS(C)(=O)=O)CC(Cc1ccc(-c2cc(Cl)ccc2F)cc1)NC(=O)OC(C)(C)C. The van der Waals surface area contributed by atoms with Gasteiger partial charge in [0.1, 0.15) is 11.4 Å². The van der Waals surface area contributed by atoms with Crippen LogP contribution in [0.4, 0.5) is 9.18 Å². The summed E-state index contributed by atoms with van der Waals surface area (Å²) in [5.74, 6) is -2.02. The van der Waals surface area contributed by atoms with E-state index in [1.165, 1.54) is 18.2 Å². The summed E-state index contributed by atoms with van der Waals surface area (Å²) in [7, 11) is -3.81. The van der Waals surface area contributed by atoms with Gasteiger partial charge in [0.15, 0.2) is 0 Å². The molecule has 0 fully saturated rings. The van der Waals surface area contributed by atoms with Crippen molar-refractivity contribution in [3.63, 3.8) is 0 Å². The molecule has 204 valence electrons. The van der Waals surface area contributed by atoms with Gasteiger partial charge in [-0.3, -0.25) is 8.98 Å². The highest BCUT2D eigenvalue weighted by Crippen LogP contribution is 2.27. The van der Waals surface area contributed by atoms with E-state index >= 15 is 0 Å². The second-order valence-electron chi connectivity index (χ2n) is 9.54. The van der Waals surface area contributed by atoms with Crippen LogP contribution < -0.4 is 5.32 Å². The van der Waals surface area contributed by atoms with E-state index < -0.39 is 52.2 Å². The molecular formula is C26H33ClFNO7S. The van der Waals surface area contributed by atoms with Crippen LogP contribution in [0.1, 0.15) is 39.7 Å². The Labute approximate surface area is 222 Å². The van der Waals surface area contributed by atoms with Crippen molar-refractivity contribution in [1.29, 1.82) is 0 Å². The smallest absolute Gasteiger partial charge is 0.407 e. The number of amides is 1. The Balaban J connectivity index is 2.28. The van der Waals surface area contributed by atoms with E-state index in [9.17, 15) is 22.4 Å². The van der Waals surface area contributed by atoms with Gasteiger partial charge in [-0.05, 0) is 69.9 Å². The lowest BCUT2D eigenvalue weighted by Gasteiger charge is -2.26. The van der Waals surface area contributed by atoms with Crippen LogP contribution in [0.2, 0.25) is 5.02 Å². The van der Waals surface area contributed by atoms with Crippen molar-refractivity contribution >= 4 is 33.8 Å². The van der Waals surface area contributed by atoms with Gasteiger partial charge in [0.25, 0.3) is 10.1 Å². The van der Waals surface area contributed by atoms with Gasteiger partial charge in [-0.1, -0.05) is 35.9 Å². The molecular weight excluding hydrogens is 525 g/mol. The monoisotopic (exact) mass is 557 g/mol. The maximum atomic E-state index is 14.3. The number of hydrogen-bond donors (Lipinski definition) is 1. The van der Waals surface area contributed by atoms with Gasteiger partial charge in [-0.25, -0.2) is 9.18 Å². The second kappa shape index (κ2) is 13.2. The van der Waals surface area contributed by atoms with Crippen LogP contribution in [0, 0.1) is 11.7 Å². The van der Waals surface area contributed by atoms with E-state index in [1.807, 2.05) is 0 Å². The number of carbonyl (C=O) groups is 2. The Bertz CT molecular complexity index is 1180. The van der Waals surface area contributed by atoms with Crippen molar-refractivity contribution in [3.8, 4) is 11.1 Å². The quantitative estimate of drug-likeness (QED) is 0.301. The maximum absolute atomic E-state index is 14.3. The van der Waals surface area contributed by atoms with E-state index in [0.717, 1.165) is 11.8 Å². The minimum absolute atomic E-state index is 0.0261. The fourth-order valence-electron chi connectivity index (χ4n) is 3.53. The zero-order chi connectivity index (χ0) is 27.8. The zero-order valence-corrected chi connectivity index (χ0v) is 23.1. The molecule has 2 aromatic rings. The summed E-state index contributed by atoms with van der Waals surface area (Å²) in [6.07, 6.45) is 0.488. The van der Waals surface area contributed by atoms with Gasteiger partial charge in [0.2, 0.25) is 0 Å². The van der Waals surface area contributed by atoms with Crippen LogP contribution in [0.3, 0.4) is 0 Å². The van der Waals surface area contributed by atoms with Crippen molar-refractivity contribution in [3.05, 3.63) is 58.9 Å². The number of halogens is 2. The molecule has 11 heteroatoms. The van der Waals surface area contributed by atoms with Gasteiger partial charge >= 0.3 is 12.1 Å². The number of ether oxygens (including phenoxy) is 2. The molecule has 2 rings (SSSR count). The van der Waals surface area contributed by atoms with Gasteiger partial charge in [-0.15, -0.1) is 0 Å². The van der Waals surface area contributed by atoms with E-state index in [1.54, 1.807) is 52.0 Å².